The Morgan fingerprint density at radius 2 is 1.93 bits per heavy atom. The van der Waals surface area contributed by atoms with Crippen LogP contribution >= 0.6 is 0 Å². The Bertz CT molecular complexity index is 845. The second-order valence-corrected chi connectivity index (χ2v) is 5.78. The summed E-state index contributed by atoms with van der Waals surface area (Å²) in [5, 5.41) is 8.66. The van der Waals surface area contributed by atoms with Gasteiger partial charge in [0, 0.05) is 18.9 Å². The standard InChI is InChI=1S/C18H19F3N2O4/c1-2-15-22-14(18(19,20)21)11-16(24)23(15)9-10-27-13-6-3-12(4-7-13)5-8-17(25)26/h3-4,6-7,11H,2,5,8-10H2,1H3,(H,25,26). The van der Waals surface area contributed by atoms with E-state index >= 15 is 0 Å². The van der Waals surface area contributed by atoms with Gasteiger partial charge in [0.1, 0.15) is 18.2 Å². The lowest BCUT2D eigenvalue weighted by Gasteiger charge is -2.14. The minimum Gasteiger partial charge on any atom is -0.492 e. The number of rotatable bonds is 8. The van der Waals surface area contributed by atoms with E-state index in [0.717, 1.165) is 10.1 Å². The fourth-order valence-corrected chi connectivity index (χ4v) is 2.47. The van der Waals surface area contributed by atoms with Crippen molar-refractivity contribution in [2.75, 3.05) is 6.61 Å². The highest BCUT2D eigenvalue weighted by Gasteiger charge is 2.33. The van der Waals surface area contributed by atoms with E-state index in [1.807, 2.05) is 0 Å². The second kappa shape index (κ2) is 8.70. The minimum absolute atomic E-state index is 0.0316. The van der Waals surface area contributed by atoms with Gasteiger partial charge in [-0.15, -0.1) is 0 Å². The molecule has 1 aromatic heterocycles. The predicted molar refractivity (Wildman–Crippen MR) is 90.8 cm³/mol. The number of nitrogens with zero attached hydrogens (tertiary/aromatic N) is 2. The Morgan fingerprint density at radius 1 is 1.26 bits per heavy atom. The number of hydrogen-bond acceptors (Lipinski definition) is 4. The molecule has 146 valence electrons. The predicted octanol–water partition coefficient (Wildman–Crippen LogP) is 2.92. The van der Waals surface area contributed by atoms with Crippen LogP contribution in [0.25, 0.3) is 0 Å². The highest BCUT2D eigenvalue weighted by molar-refractivity contribution is 5.67. The molecule has 0 spiro atoms. The molecule has 0 unspecified atom stereocenters. The molecule has 0 atom stereocenters. The summed E-state index contributed by atoms with van der Waals surface area (Å²) in [7, 11) is 0. The molecule has 27 heavy (non-hydrogen) atoms. The van der Waals surface area contributed by atoms with Gasteiger partial charge in [-0.25, -0.2) is 4.98 Å². The summed E-state index contributed by atoms with van der Waals surface area (Å²) >= 11 is 0. The average molecular weight is 384 g/mol. The molecule has 1 aromatic carbocycles. The van der Waals surface area contributed by atoms with Crippen molar-refractivity contribution in [3.05, 3.63) is 57.8 Å². The molecule has 0 aliphatic heterocycles. The Labute approximate surface area is 153 Å². The molecule has 0 aliphatic carbocycles. The third kappa shape index (κ3) is 5.83. The van der Waals surface area contributed by atoms with E-state index in [1.165, 1.54) is 0 Å². The average Bonchev–Trinajstić information content (AvgIpc) is 2.61. The van der Waals surface area contributed by atoms with Gasteiger partial charge >= 0.3 is 12.1 Å². The number of carbonyl (C=O) groups is 1. The number of carboxylic acid groups (broad SMARTS) is 1. The van der Waals surface area contributed by atoms with Crippen molar-refractivity contribution in [1.29, 1.82) is 0 Å². The Morgan fingerprint density at radius 3 is 2.48 bits per heavy atom. The Hall–Kier alpha value is -2.84. The molecular formula is C18H19F3N2O4. The lowest BCUT2D eigenvalue weighted by molar-refractivity contribution is -0.141. The lowest BCUT2D eigenvalue weighted by atomic mass is 10.1. The third-order valence-electron chi connectivity index (χ3n) is 3.83. The maximum atomic E-state index is 12.8. The van der Waals surface area contributed by atoms with Crippen molar-refractivity contribution in [2.45, 2.75) is 38.9 Å². The highest BCUT2D eigenvalue weighted by atomic mass is 19.4. The van der Waals surface area contributed by atoms with Gasteiger partial charge in [-0.3, -0.25) is 14.2 Å². The van der Waals surface area contributed by atoms with Crippen LogP contribution in [0.4, 0.5) is 13.2 Å². The van der Waals surface area contributed by atoms with Gasteiger partial charge in [-0.05, 0) is 24.1 Å². The van der Waals surface area contributed by atoms with Gasteiger partial charge in [0.25, 0.3) is 5.56 Å². The van der Waals surface area contributed by atoms with Crippen LogP contribution in [0.1, 0.15) is 30.4 Å². The first-order valence-corrected chi connectivity index (χ1v) is 8.32. The van der Waals surface area contributed by atoms with Crippen LogP contribution in [0.3, 0.4) is 0 Å². The van der Waals surface area contributed by atoms with Gasteiger partial charge in [-0.1, -0.05) is 19.1 Å². The summed E-state index contributed by atoms with van der Waals surface area (Å²) in [4.78, 5) is 26.1. The monoisotopic (exact) mass is 384 g/mol. The first-order chi connectivity index (χ1) is 12.7. The summed E-state index contributed by atoms with van der Waals surface area (Å²) in [6.07, 6.45) is -4.05. The third-order valence-corrected chi connectivity index (χ3v) is 3.83. The van der Waals surface area contributed by atoms with E-state index < -0.39 is 23.4 Å². The maximum Gasteiger partial charge on any atom is 0.433 e. The zero-order chi connectivity index (χ0) is 20.0. The summed E-state index contributed by atoms with van der Waals surface area (Å²) in [6.45, 7) is 1.76. The first kappa shape index (κ1) is 20.5. The molecule has 0 fully saturated rings. The van der Waals surface area contributed by atoms with E-state index in [2.05, 4.69) is 4.98 Å². The van der Waals surface area contributed by atoms with Crippen LogP contribution in [-0.4, -0.2) is 27.2 Å². The first-order valence-electron chi connectivity index (χ1n) is 8.32. The van der Waals surface area contributed by atoms with E-state index in [-0.39, 0.29) is 31.8 Å². The van der Waals surface area contributed by atoms with Crippen molar-refractivity contribution >= 4 is 5.97 Å². The van der Waals surface area contributed by atoms with Crippen LogP contribution in [0.2, 0.25) is 0 Å². The minimum atomic E-state index is -4.67. The molecule has 2 rings (SSSR count). The number of carboxylic acids is 1. The van der Waals surface area contributed by atoms with E-state index in [9.17, 15) is 22.8 Å². The molecule has 0 saturated carbocycles. The fraction of sp³-hybridized carbons (Fsp3) is 0.389. The Balaban J connectivity index is 2.00. The highest BCUT2D eigenvalue weighted by Crippen LogP contribution is 2.26. The summed E-state index contributed by atoms with van der Waals surface area (Å²) in [6, 6.07) is 7.30. The van der Waals surface area contributed by atoms with Crippen LogP contribution in [-0.2, 0) is 30.4 Å². The van der Waals surface area contributed by atoms with Crippen molar-refractivity contribution in [3.63, 3.8) is 0 Å². The zero-order valence-electron chi connectivity index (χ0n) is 14.6. The number of aromatic nitrogens is 2. The molecule has 0 saturated heterocycles. The number of halogens is 3. The number of alkyl halides is 3. The molecule has 0 radical (unpaired) electrons. The summed E-state index contributed by atoms with van der Waals surface area (Å²) < 4.78 is 44.9. The Kier molecular flexibility index (Phi) is 6.59. The molecule has 0 bridgehead atoms. The van der Waals surface area contributed by atoms with Crippen LogP contribution in [0.15, 0.2) is 35.1 Å². The maximum absolute atomic E-state index is 12.8. The van der Waals surface area contributed by atoms with Crippen molar-refractivity contribution in [3.8, 4) is 5.75 Å². The molecule has 6 nitrogen and oxygen atoms in total. The number of ether oxygens (including phenoxy) is 1. The number of benzene rings is 1. The molecule has 1 heterocycles. The van der Waals surface area contributed by atoms with Crippen LogP contribution in [0, 0.1) is 0 Å². The van der Waals surface area contributed by atoms with Crippen molar-refractivity contribution in [1.82, 2.24) is 9.55 Å². The largest absolute Gasteiger partial charge is 0.492 e. The fourth-order valence-electron chi connectivity index (χ4n) is 2.47. The van der Waals surface area contributed by atoms with Gasteiger partial charge in [0.15, 0.2) is 5.69 Å². The van der Waals surface area contributed by atoms with Gasteiger partial charge in [0.2, 0.25) is 0 Å². The molecule has 0 aliphatic rings. The van der Waals surface area contributed by atoms with Gasteiger partial charge in [-0.2, -0.15) is 13.2 Å². The van der Waals surface area contributed by atoms with E-state index in [0.29, 0.717) is 18.2 Å². The van der Waals surface area contributed by atoms with E-state index in [4.69, 9.17) is 9.84 Å². The molecule has 9 heteroatoms. The van der Waals surface area contributed by atoms with Crippen LogP contribution < -0.4 is 10.3 Å². The second-order valence-electron chi connectivity index (χ2n) is 5.78. The summed E-state index contributed by atoms with van der Waals surface area (Å²) in [5.41, 5.74) is -1.12. The summed E-state index contributed by atoms with van der Waals surface area (Å²) in [5.74, 6) is -0.319. The number of aryl methyl sites for hydroxylation is 2. The molecule has 0 amide bonds. The number of hydrogen-bond donors (Lipinski definition) is 1. The number of aliphatic carboxylic acids is 1. The normalized spacial score (nSPS) is 11.4. The SMILES string of the molecule is CCc1nc(C(F)(F)F)cc(=O)n1CCOc1ccc(CCC(=O)O)cc1. The smallest absolute Gasteiger partial charge is 0.433 e. The molecule has 1 N–H and O–H groups in total. The van der Waals surface area contributed by atoms with Gasteiger partial charge in [0.05, 0.1) is 6.54 Å². The van der Waals surface area contributed by atoms with Crippen LogP contribution in [0.5, 0.6) is 5.75 Å². The lowest BCUT2D eigenvalue weighted by Crippen LogP contribution is -2.29. The van der Waals surface area contributed by atoms with Crippen molar-refractivity contribution in [2.24, 2.45) is 0 Å². The zero-order valence-corrected chi connectivity index (χ0v) is 14.6. The molecule has 2 aromatic rings. The topological polar surface area (TPSA) is 81.4 Å². The van der Waals surface area contributed by atoms with Crippen molar-refractivity contribution < 1.29 is 27.8 Å². The van der Waals surface area contributed by atoms with E-state index in [1.54, 1.807) is 31.2 Å². The molecular weight excluding hydrogens is 365 g/mol. The quantitative estimate of drug-likeness (QED) is 0.757. The van der Waals surface area contributed by atoms with Gasteiger partial charge < -0.3 is 9.84 Å².